The van der Waals surface area contributed by atoms with Gasteiger partial charge in [0.1, 0.15) is 0 Å². The molecule has 0 fully saturated rings. The molecular formula is C12H20N6O3. The summed E-state index contributed by atoms with van der Waals surface area (Å²) in [6, 6.07) is -0.0264. The normalized spacial score (nSPS) is 12.8. The van der Waals surface area contributed by atoms with Crippen molar-refractivity contribution in [2.24, 2.45) is 19.8 Å². The van der Waals surface area contributed by atoms with Crippen molar-refractivity contribution in [3.63, 3.8) is 0 Å². The third kappa shape index (κ3) is 2.83. The van der Waals surface area contributed by atoms with E-state index in [9.17, 15) is 9.59 Å². The van der Waals surface area contributed by atoms with Crippen molar-refractivity contribution in [3.05, 3.63) is 20.8 Å². The number of ether oxygens (including phenoxy) is 1. The Morgan fingerprint density at radius 1 is 1.38 bits per heavy atom. The van der Waals surface area contributed by atoms with Gasteiger partial charge in [-0.3, -0.25) is 13.9 Å². The third-order valence-electron chi connectivity index (χ3n) is 3.32. The number of hydrogen-bond acceptors (Lipinski definition) is 6. The number of imidazole rings is 1. The summed E-state index contributed by atoms with van der Waals surface area (Å²) in [4.78, 5) is 31.1. The predicted octanol–water partition coefficient (Wildman–Crippen LogP) is -1.26. The lowest BCUT2D eigenvalue weighted by atomic mass is 10.2. The van der Waals surface area contributed by atoms with E-state index < -0.39 is 11.2 Å². The highest BCUT2D eigenvalue weighted by atomic mass is 16.5. The molecule has 0 aliphatic carbocycles. The van der Waals surface area contributed by atoms with Crippen LogP contribution in [0, 0.1) is 0 Å². The number of nitrogens with two attached hydrogens (primary N) is 1. The smallest absolute Gasteiger partial charge is 0.332 e. The van der Waals surface area contributed by atoms with Gasteiger partial charge in [-0.15, -0.1) is 0 Å². The molecule has 0 spiro atoms. The number of methoxy groups -OCH3 is 1. The van der Waals surface area contributed by atoms with Crippen molar-refractivity contribution in [2.75, 3.05) is 25.6 Å². The molecule has 2 aromatic rings. The van der Waals surface area contributed by atoms with Crippen LogP contribution in [0.25, 0.3) is 11.2 Å². The Labute approximate surface area is 120 Å². The molecule has 0 aliphatic rings. The van der Waals surface area contributed by atoms with Crippen LogP contribution in [0.15, 0.2) is 9.59 Å². The van der Waals surface area contributed by atoms with Crippen molar-refractivity contribution in [1.82, 2.24) is 19.1 Å². The Kier molecular flexibility index (Phi) is 4.43. The molecule has 9 heteroatoms. The molecule has 0 aromatic carbocycles. The number of nitrogens with one attached hydrogen (secondary N) is 2. The minimum absolute atomic E-state index is 0.0264. The fraction of sp³-hybridized carbons (Fsp3) is 0.583. The van der Waals surface area contributed by atoms with Crippen molar-refractivity contribution in [3.8, 4) is 0 Å². The summed E-state index contributed by atoms with van der Waals surface area (Å²) in [7, 11) is 4.60. The molecule has 0 saturated carbocycles. The van der Waals surface area contributed by atoms with Gasteiger partial charge in [0, 0.05) is 21.2 Å². The quantitative estimate of drug-likeness (QED) is 0.612. The number of nitrogens with zero attached hydrogens (tertiary/aromatic N) is 3. The van der Waals surface area contributed by atoms with E-state index in [2.05, 4.69) is 15.3 Å². The van der Waals surface area contributed by atoms with E-state index in [-0.39, 0.29) is 11.6 Å². The highest BCUT2D eigenvalue weighted by Crippen LogP contribution is 2.10. The minimum Gasteiger partial charge on any atom is -0.383 e. The molecule has 21 heavy (non-hydrogen) atoms. The second-order valence-electron chi connectivity index (χ2n) is 4.86. The topological polar surface area (TPSA) is 120 Å². The molecular weight excluding hydrogens is 276 g/mol. The highest BCUT2D eigenvalue weighted by Gasteiger charge is 2.15. The number of aromatic nitrogens is 4. The summed E-state index contributed by atoms with van der Waals surface area (Å²) in [5.74, 6) is 0.416. The zero-order valence-corrected chi connectivity index (χ0v) is 12.3. The van der Waals surface area contributed by atoms with Crippen LogP contribution in [0.4, 0.5) is 5.95 Å². The number of fused-ring (bicyclic) bond motifs is 1. The maximum atomic E-state index is 12.1. The molecule has 1 atom stereocenters. The Bertz CT molecular complexity index is 738. The third-order valence-corrected chi connectivity index (χ3v) is 3.32. The molecule has 0 bridgehead atoms. The van der Waals surface area contributed by atoms with Gasteiger partial charge in [0.05, 0.1) is 12.6 Å². The van der Waals surface area contributed by atoms with Gasteiger partial charge in [-0.2, -0.15) is 4.98 Å². The first-order valence-electron chi connectivity index (χ1n) is 6.60. The maximum absolute atomic E-state index is 12.1. The molecule has 0 aliphatic heterocycles. The van der Waals surface area contributed by atoms with Crippen LogP contribution in [-0.2, 0) is 18.8 Å². The van der Waals surface area contributed by atoms with Gasteiger partial charge >= 0.3 is 5.69 Å². The molecule has 1 unspecified atom stereocenters. The summed E-state index contributed by atoms with van der Waals surface area (Å²) < 4.78 is 7.47. The minimum atomic E-state index is -0.416. The van der Waals surface area contributed by atoms with E-state index in [1.165, 1.54) is 11.6 Å². The first-order chi connectivity index (χ1) is 9.99. The van der Waals surface area contributed by atoms with Crippen molar-refractivity contribution < 1.29 is 4.74 Å². The van der Waals surface area contributed by atoms with E-state index in [0.29, 0.717) is 31.2 Å². The van der Waals surface area contributed by atoms with Crippen molar-refractivity contribution in [1.29, 1.82) is 0 Å². The summed E-state index contributed by atoms with van der Waals surface area (Å²) in [6.07, 6.45) is 0.696. The second-order valence-corrected chi connectivity index (χ2v) is 4.86. The predicted molar refractivity (Wildman–Crippen MR) is 79.5 cm³/mol. The van der Waals surface area contributed by atoms with Gasteiger partial charge in [0.25, 0.3) is 5.56 Å². The number of rotatable bonds is 6. The van der Waals surface area contributed by atoms with Gasteiger partial charge in [-0.05, 0) is 13.0 Å². The number of hydrogen-bond donors (Lipinski definition) is 3. The molecule has 4 N–H and O–H groups in total. The average Bonchev–Trinajstić information content (AvgIpc) is 2.87. The maximum Gasteiger partial charge on any atom is 0.332 e. The summed E-state index contributed by atoms with van der Waals surface area (Å²) >= 11 is 0. The molecule has 9 nitrogen and oxygen atoms in total. The average molecular weight is 296 g/mol. The lowest BCUT2D eigenvalue weighted by Crippen LogP contribution is -2.36. The van der Waals surface area contributed by atoms with Crippen LogP contribution in [0.3, 0.4) is 0 Å². The molecule has 0 amide bonds. The van der Waals surface area contributed by atoms with Gasteiger partial charge in [0.2, 0.25) is 5.95 Å². The fourth-order valence-electron chi connectivity index (χ4n) is 2.19. The Morgan fingerprint density at radius 3 is 2.71 bits per heavy atom. The Morgan fingerprint density at radius 2 is 2.10 bits per heavy atom. The Balaban J connectivity index is 2.44. The molecule has 2 heterocycles. The van der Waals surface area contributed by atoms with Crippen LogP contribution in [-0.4, -0.2) is 45.4 Å². The van der Waals surface area contributed by atoms with E-state index in [0.717, 1.165) is 4.57 Å². The van der Waals surface area contributed by atoms with Gasteiger partial charge in [0.15, 0.2) is 11.2 Å². The number of anilines is 1. The summed E-state index contributed by atoms with van der Waals surface area (Å²) in [5, 5.41) is 3.13. The van der Waals surface area contributed by atoms with Crippen LogP contribution < -0.4 is 22.3 Å². The van der Waals surface area contributed by atoms with E-state index >= 15 is 0 Å². The van der Waals surface area contributed by atoms with Crippen molar-refractivity contribution >= 4 is 17.1 Å². The standard InChI is InChI=1S/C12H20N6O3/c1-17-9-8(10(19)18(2)12(17)20)15-11(16-9)14-7(4-5-13)6-21-3/h7H,4-6,13H2,1-3H3,(H2,14,15,16). The summed E-state index contributed by atoms with van der Waals surface area (Å²) in [5.41, 5.74) is 5.33. The molecule has 0 saturated heterocycles. The first kappa shape index (κ1) is 15.3. The molecule has 0 radical (unpaired) electrons. The van der Waals surface area contributed by atoms with E-state index in [4.69, 9.17) is 10.5 Å². The first-order valence-corrected chi connectivity index (χ1v) is 6.60. The largest absolute Gasteiger partial charge is 0.383 e. The van der Waals surface area contributed by atoms with Gasteiger partial charge in [-0.1, -0.05) is 0 Å². The van der Waals surface area contributed by atoms with E-state index in [1.807, 2.05) is 0 Å². The van der Waals surface area contributed by atoms with Gasteiger partial charge < -0.3 is 20.8 Å². The van der Waals surface area contributed by atoms with E-state index in [1.54, 1.807) is 14.2 Å². The monoisotopic (exact) mass is 296 g/mol. The summed E-state index contributed by atoms with van der Waals surface area (Å²) in [6.45, 7) is 0.965. The highest BCUT2D eigenvalue weighted by molar-refractivity contribution is 5.72. The lowest BCUT2D eigenvalue weighted by molar-refractivity contribution is 0.183. The molecule has 116 valence electrons. The Hall–Kier alpha value is -2.13. The zero-order chi connectivity index (χ0) is 15.6. The number of H-pyrrole nitrogens is 1. The van der Waals surface area contributed by atoms with Crippen LogP contribution >= 0.6 is 0 Å². The second kappa shape index (κ2) is 6.10. The van der Waals surface area contributed by atoms with Crippen LogP contribution in [0.2, 0.25) is 0 Å². The lowest BCUT2D eigenvalue weighted by Gasteiger charge is -2.15. The van der Waals surface area contributed by atoms with Gasteiger partial charge in [-0.25, -0.2) is 4.79 Å². The SMILES string of the molecule is COCC(CCN)Nc1nc2c([nH]1)c(=O)n(C)c(=O)n2C. The fourth-order valence-corrected chi connectivity index (χ4v) is 2.19. The van der Waals surface area contributed by atoms with Crippen molar-refractivity contribution in [2.45, 2.75) is 12.5 Å². The van der Waals surface area contributed by atoms with Crippen LogP contribution in [0.5, 0.6) is 0 Å². The molecule has 2 rings (SSSR count). The van der Waals surface area contributed by atoms with Crippen LogP contribution in [0.1, 0.15) is 6.42 Å². The zero-order valence-electron chi connectivity index (χ0n) is 12.3. The number of aryl methyl sites for hydroxylation is 1. The molecule has 2 aromatic heterocycles. The number of aromatic amines is 1.